The SMILES string of the molecule is C=CCn1c(SCC(=O)Nc2cc(C)ccc2OC)nc2cc(-c3ccccc3)sc2c1=O. The van der Waals surface area contributed by atoms with Gasteiger partial charge in [0.05, 0.1) is 24.1 Å². The summed E-state index contributed by atoms with van der Waals surface area (Å²) in [7, 11) is 1.56. The lowest BCUT2D eigenvalue weighted by molar-refractivity contribution is -0.113. The van der Waals surface area contributed by atoms with Gasteiger partial charge in [-0.05, 0) is 36.2 Å². The van der Waals surface area contributed by atoms with Crippen molar-refractivity contribution in [1.29, 1.82) is 0 Å². The number of carbonyl (C=O) groups is 1. The number of fused-ring (bicyclic) bond motifs is 1. The minimum absolute atomic E-state index is 0.0991. The summed E-state index contributed by atoms with van der Waals surface area (Å²) in [5.41, 5.74) is 3.16. The summed E-state index contributed by atoms with van der Waals surface area (Å²) >= 11 is 2.65. The molecule has 1 amide bonds. The number of nitrogens with one attached hydrogen (secondary N) is 1. The van der Waals surface area contributed by atoms with Crippen molar-refractivity contribution < 1.29 is 9.53 Å². The highest BCUT2D eigenvalue weighted by molar-refractivity contribution is 7.99. The Bertz CT molecular complexity index is 1380. The average Bonchev–Trinajstić information content (AvgIpc) is 3.25. The number of hydrogen-bond donors (Lipinski definition) is 1. The first-order valence-corrected chi connectivity index (χ1v) is 12.1. The largest absolute Gasteiger partial charge is 0.495 e. The fourth-order valence-corrected chi connectivity index (χ4v) is 5.23. The smallest absolute Gasteiger partial charge is 0.272 e. The van der Waals surface area contributed by atoms with Crippen LogP contribution in [-0.2, 0) is 11.3 Å². The van der Waals surface area contributed by atoms with Crippen LogP contribution in [0.2, 0.25) is 0 Å². The summed E-state index contributed by atoms with van der Waals surface area (Å²) in [6.45, 7) is 6.02. The van der Waals surface area contributed by atoms with Crippen molar-refractivity contribution in [2.75, 3.05) is 18.2 Å². The van der Waals surface area contributed by atoms with Crippen molar-refractivity contribution >= 4 is 44.9 Å². The van der Waals surface area contributed by atoms with Crippen LogP contribution in [0.3, 0.4) is 0 Å². The van der Waals surface area contributed by atoms with E-state index >= 15 is 0 Å². The second kappa shape index (κ2) is 10.1. The quantitative estimate of drug-likeness (QED) is 0.210. The van der Waals surface area contributed by atoms with Gasteiger partial charge in [0.15, 0.2) is 5.16 Å². The molecule has 33 heavy (non-hydrogen) atoms. The molecule has 0 aliphatic heterocycles. The van der Waals surface area contributed by atoms with Gasteiger partial charge >= 0.3 is 0 Å². The van der Waals surface area contributed by atoms with Gasteiger partial charge in [0.25, 0.3) is 5.56 Å². The van der Waals surface area contributed by atoms with Crippen molar-refractivity contribution in [3.8, 4) is 16.2 Å². The van der Waals surface area contributed by atoms with Crippen LogP contribution in [0.5, 0.6) is 5.75 Å². The molecule has 8 heteroatoms. The zero-order valence-corrected chi connectivity index (χ0v) is 20.0. The zero-order valence-electron chi connectivity index (χ0n) is 18.3. The Labute approximate surface area is 199 Å². The molecule has 0 spiro atoms. The molecule has 0 aliphatic carbocycles. The Morgan fingerprint density at radius 1 is 1.24 bits per heavy atom. The van der Waals surface area contributed by atoms with Gasteiger partial charge in [-0.3, -0.25) is 14.2 Å². The summed E-state index contributed by atoms with van der Waals surface area (Å²) in [6.07, 6.45) is 1.66. The van der Waals surface area contributed by atoms with Crippen molar-refractivity contribution in [2.24, 2.45) is 0 Å². The number of anilines is 1. The van der Waals surface area contributed by atoms with Crippen molar-refractivity contribution in [3.05, 3.63) is 83.2 Å². The number of benzene rings is 2. The number of aryl methyl sites for hydroxylation is 1. The normalized spacial score (nSPS) is 10.8. The number of thioether (sulfide) groups is 1. The van der Waals surface area contributed by atoms with E-state index in [-0.39, 0.29) is 17.2 Å². The Hall–Kier alpha value is -3.36. The highest BCUT2D eigenvalue weighted by atomic mass is 32.2. The third kappa shape index (κ3) is 5.02. The maximum atomic E-state index is 13.2. The second-order valence-electron chi connectivity index (χ2n) is 7.33. The molecule has 2 aromatic heterocycles. The van der Waals surface area contributed by atoms with E-state index < -0.39 is 0 Å². The fourth-order valence-electron chi connectivity index (χ4n) is 3.37. The number of thiophene rings is 1. The Kier molecular flexibility index (Phi) is 6.96. The number of hydrogen-bond acceptors (Lipinski definition) is 6. The molecule has 4 rings (SSSR count). The number of allylic oxidation sites excluding steroid dienone is 1. The van der Waals surface area contributed by atoms with Crippen LogP contribution in [0, 0.1) is 6.92 Å². The number of nitrogens with zero attached hydrogens (tertiary/aromatic N) is 2. The van der Waals surface area contributed by atoms with Gasteiger partial charge in [0.2, 0.25) is 5.91 Å². The molecule has 0 saturated carbocycles. The molecular weight excluding hydrogens is 454 g/mol. The van der Waals surface area contributed by atoms with E-state index in [0.717, 1.165) is 16.0 Å². The summed E-state index contributed by atoms with van der Waals surface area (Å²) in [5.74, 6) is 0.481. The lowest BCUT2D eigenvalue weighted by atomic mass is 10.2. The maximum absolute atomic E-state index is 13.2. The van der Waals surface area contributed by atoms with Gasteiger partial charge in [-0.2, -0.15) is 0 Å². The first-order valence-electron chi connectivity index (χ1n) is 10.3. The van der Waals surface area contributed by atoms with E-state index in [2.05, 4.69) is 11.9 Å². The predicted molar refractivity (Wildman–Crippen MR) is 137 cm³/mol. The fraction of sp³-hybridized carbons (Fsp3) is 0.160. The van der Waals surface area contributed by atoms with E-state index in [4.69, 9.17) is 9.72 Å². The van der Waals surface area contributed by atoms with E-state index in [1.165, 1.54) is 23.1 Å². The van der Waals surface area contributed by atoms with Crippen LogP contribution in [0.4, 0.5) is 5.69 Å². The molecule has 6 nitrogen and oxygen atoms in total. The van der Waals surface area contributed by atoms with Crippen LogP contribution in [0.25, 0.3) is 20.7 Å². The van der Waals surface area contributed by atoms with Gasteiger partial charge < -0.3 is 10.1 Å². The third-order valence-corrected chi connectivity index (χ3v) is 7.07. The standard InChI is InChI=1S/C25H23N3O3S2/c1-4-12-28-24(30)23-19(14-21(33-23)17-8-6-5-7-9-17)27-25(28)32-15-22(29)26-18-13-16(2)10-11-20(18)31-3/h4-11,13-14H,1,12,15H2,2-3H3,(H,26,29). The topological polar surface area (TPSA) is 73.2 Å². The summed E-state index contributed by atoms with van der Waals surface area (Å²) < 4.78 is 7.48. The Morgan fingerprint density at radius 2 is 2.03 bits per heavy atom. The number of methoxy groups -OCH3 is 1. The number of amides is 1. The second-order valence-corrected chi connectivity index (χ2v) is 9.33. The molecule has 168 valence electrons. The molecule has 0 bridgehead atoms. The minimum Gasteiger partial charge on any atom is -0.495 e. The molecule has 0 atom stereocenters. The number of carbonyl (C=O) groups excluding carboxylic acids is 1. The molecule has 0 radical (unpaired) electrons. The number of aromatic nitrogens is 2. The van der Waals surface area contributed by atoms with Crippen molar-refractivity contribution in [2.45, 2.75) is 18.6 Å². The lowest BCUT2D eigenvalue weighted by Gasteiger charge is -2.12. The van der Waals surface area contributed by atoms with E-state index in [1.807, 2.05) is 61.5 Å². The molecule has 2 aromatic carbocycles. The van der Waals surface area contributed by atoms with Gasteiger partial charge in [0, 0.05) is 11.4 Å². The molecular formula is C25H23N3O3S2. The average molecular weight is 478 g/mol. The summed E-state index contributed by atoms with van der Waals surface area (Å²) in [6, 6.07) is 17.4. The van der Waals surface area contributed by atoms with E-state index in [9.17, 15) is 9.59 Å². The van der Waals surface area contributed by atoms with Gasteiger partial charge in [-0.15, -0.1) is 17.9 Å². The van der Waals surface area contributed by atoms with Crippen molar-refractivity contribution in [3.63, 3.8) is 0 Å². The predicted octanol–water partition coefficient (Wildman–Crippen LogP) is 5.36. The maximum Gasteiger partial charge on any atom is 0.272 e. The highest BCUT2D eigenvalue weighted by Crippen LogP contribution is 2.32. The first-order chi connectivity index (χ1) is 16.0. The highest BCUT2D eigenvalue weighted by Gasteiger charge is 2.16. The molecule has 1 N–H and O–H groups in total. The Balaban J connectivity index is 1.61. The summed E-state index contributed by atoms with van der Waals surface area (Å²) in [5, 5.41) is 3.37. The van der Waals surface area contributed by atoms with Crippen LogP contribution in [-0.4, -0.2) is 28.3 Å². The van der Waals surface area contributed by atoms with Gasteiger partial charge in [-0.25, -0.2) is 4.98 Å². The summed E-state index contributed by atoms with van der Waals surface area (Å²) in [4.78, 5) is 31.5. The van der Waals surface area contributed by atoms with Crippen LogP contribution >= 0.6 is 23.1 Å². The molecule has 0 saturated heterocycles. The van der Waals surface area contributed by atoms with E-state index in [0.29, 0.717) is 33.4 Å². The molecule has 2 heterocycles. The zero-order chi connectivity index (χ0) is 23.4. The van der Waals surface area contributed by atoms with Crippen LogP contribution < -0.4 is 15.6 Å². The molecule has 0 unspecified atom stereocenters. The van der Waals surface area contributed by atoms with Crippen molar-refractivity contribution in [1.82, 2.24) is 9.55 Å². The monoisotopic (exact) mass is 477 g/mol. The Morgan fingerprint density at radius 3 is 2.76 bits per heavy atom. The lowest BCUT2D eigenvalue weighted by Crippen LogP contribution is -2.23. The van der Waals surface area contributed by atoms with Gasteiger partial charge in [-0.1, -0.05) is 54.2 Å². The van der Waals surface area contributed by atoms with Crippen LogP contribution in [0.1, 0.15) is 5.56 Å². The molecule has 0 aliphatic rings. The number of rotatable bonds is 8. The van der Waals surface area contributed by atoms with Gasteiger partial charge in [0.1, 0.15) is 10.4 Å². The van der Waals surface area contributed by atoms with E-state index in [1.54, 1.807) is 17.8 Å². The molecule has 0 fully saturated rings. The number of ether oxygens (including phenoxy) is 1. The van der Waals surface area contributed by atoms with Crippen LogP contribution in [0.15, 0.2) is 77.2 Å². The third-order valence-electron chi connectivity index (χ3n) is 4.93. The molecule has 4 aromatic rings. The first kappa shape index (κ1) is 22.8. The minimum atomic E-state index is -0.210.